The first kappa shape index (κ1) is 15.7. The predicted molar refractivity (Wildman–Crippen MR) is 72.8 cm³/mol. The summed E-state index contributed by atoms with van der Waals surface area (Å²) in [5, 5.41) is 8.57. The fourth-order valence-corrected chi connectivity index (χ4v) is 3.55. The molecular weight excluding hydrogens is 349 g/mol. The number of rotatable bonds is 6. The third-order valence-corrected chi connectivity index (χ3v) is 4.35. The number of unbranched alkanes of at least 4 members (excludes halogenated alkanes) is 1. The summed E-state index contributed by atoms with van der Waals surface area (Å²) in [6, 6.07) is 2.15. The smallest absolute Gasteiger partial charge is 0.232 e. The molecule has 0 radical (unpaired) electrons. The standard InChI is InChI=1S/C10H12BrClFNO3S/c11-8-5-7(13)6-9(12)10(8)14-18(16,17)4-2-1-3-15/h5-6,14-15H,1-4H2. The van der Waals surface area contributed by atoms with E-state index in [-0.39, 0.29) is 27.5 Å². The van der Waals surface area contributed by atoms with Gasteiger partial charge in [0.15, 0.2) is 0 Å². The number of aliphatic hydroxyl groups excluding tert-OH is 1. The van der Waals surface area contributed by atoms with Crippen molar-refractivity contribution in [1.82, 2.24) is 0 Å². The molecule has 0 bridgehead atoms. The summed E-state index contributed by atoms with van der Waals surface area (Å²) < 4.78 is 38.9. The van der Waals surface area contributed by atoms with Crippen LogP contribution < -0.4 is 4.72 Å². The lowest BCUT2D eigenvalue weighted by molar-refractivity contribution is 0.287. The van der Waals surface area contributed by atoms with Crippen molar-refractivity contribution in [2.45, 2.75) is 12.8 Å². The summed E-state index contributed by atoms with van der Waals surface area (Å²) in [6.07, 6.45) is 0.738. The average molecular weight is 361 g/mol. The number of halogens is 3. The van der Waals surface area contributed by atoms with Crippen LogP contribution in [0.15, 0.2) is 16.6 Å². The van der Waals surface area contributed by atoms with E-state index in [1.807, 2.05) is 0 Å². The molecule has 1 aromatic rings. The van der Waals surface area contributed by atoms with Gasteiger partial charge in [-0.3, -0.25) is 4.72 Å². The minimum Gasteiger partial charge on any atom is -0.396 e. The molecule has 0 atom stereocenters. The Morgan fingerprint density at radius 2 is 2.06 bits per heavy atom. The molecule has 4 nitrogen and oxygen atoms in total. The molecule has 1 aromatic carbocycles. The second-order valence-electron chi connectivity index (χ2n) is 3.60. The summed E-state index contributed by atoms with van der Waals surface area (Å²) in [6.45, 7) is -0.0590. The lowest BCUT2D eigenvalue weighted by atomic mass is 10.3. The molecule has 0 saturated heterocycles. The first-order valence-electron chi connectivity index (χ1n) is 5.11. The molecule has 2 N–H and O–H groups in total. The van der Waals surface area contributed by atoms with Crippen LogP contribution in [0.5, 0.6) is 0 Å². The van der Waals surface area contributed by atoms with E-state index in [2.05, 4.69) is 20.7 Å². The Kier molecular flexibility index (Phi) is 5.84. The molecule has 0 amide bonds. The maximum absolute atomic E-state index is 13.0. The Bertz CT molecular complexity index is 501. The minimum atomic E-state index is -3.56. The highest BCUT2D eigenvalue weighted by Crippen LogP contribution is 2.32. The van der Waals surface area contributed by atoms with Crippen LogP contribution in [0.25, 0.3) is 0 Å². The average Bonchev–Trinajstić information content (AvgIpc) is 2.23. The molecule has 0 saturated carbocycles. The van der Waals surface area contributed by atoms with Crippen LogP contribution in [0.2, 0.25) is 5.02 Å². The van der Waals surface area contributed by atoms with Crippen LogP contribution >= 0.6 is 27.5 Å². The molecule has 0 heterocycles. The first-order valence-corrected chi connectivity index (χ1v) is 7.94. The number of benzene rings is 1. The third kappa shape index (κ3) is 4.72. The van der Waals surface area contributed by atoms with Crippen molar-refractivity contribution in [3.05, 3.63) is 27.4 Å². The minimum absolute atomic E-state index is 0.0207. The molecule has 18 heavy (non-hydrogen) atoms. The van der Waals surface area contributed by atoms with Crippen LogP contribution in [0.3, 0.4) is 0 Å². The van der Waals surface area contributed by atoms with Gasteiger partial charge in [0.1, 0.15) is 5.82 Å². The molecule has 0 spiro atoms. The van der Waals surface area contributed by atoms with E-state index >= 15 is 0 Å². The number of anilines is 1. The summed E-state index contributed by atoms with van der Waals surface area (Å²) in [4.78, 5) is 0. The zero-order valence-electron chi connectivity index (χ0n) is 9.29. The summed E-state index contributed by atoms with van der Waals surface area (Å²) in [5.41, 5.74) is 0.113. The van der Waals surface area contributed by atoms with Crippen molar-refractivity contribution in [2.75, 3.05) is 17.1 Å². The highest BCUT2D eigenvalue weighted by molar-refractivity contribution is 9.10. The summed E-state index contributed by atoms with van der Waals surface area (Å²) >= 11 is 8.81. The van der Waals surface area contributed by atoms with E-state index in [0.29, 0.717) is 12.8 Å². The number of hydrogen-bond acceptors (Lipinski definition) is 3. The van der Waals surface area contributed by atoms with Gasteiger partial charge in [0.2, 0.25) is 10.0 Å². The molecule has 8 heteroatoms. The highest BCUT2D eigenvalue weighted by Gasteiger charge is 2.15. The lowest BCUT2D eigenvalue weighted by Crippen LogP contribution is -2.17. The van der Waals surface area contributed by atoms with E-state index in [4.69, 9.17) is 16.7 Å². The monoisotopic (exact) mass is 359 g/mol. The van der Waals surface area contributed by atoms with Crippen molar-refractivity contribution in [1.29, 1.82) is 0 Å². The molecule has 0 aliphatic rings. The van der Waals surface area contributed by atoms with E-state index in [1.165, 1.54) is 0 Å². The van der Waals surface area contributed by atoms with Crippen LogP contribution in [0.1, 0.15) is 12.8 Å². The molecule has 0 aliphatic heterocycles. The van der Waals surface area contributed by atoms with Crippen molar-refractivity contribution in [2.24, 2.45) is 0 Å². The molecule has 0 aromatic heterocycles. The van der Waals surface area contributed by atoms with Crippen molar-refractivity contribution < 1.29 is 17.9 Å². The van der Waals surface area contributed by atoms with Gasteiger partial charge in [-0.1, -0.05) is 11.6 Å². The normalized spacial score (nSPS) is 11.6. The second kappa shape index (κ2) is 6.70. The van der Waals surface area contributed by atoms with Crippen LogP contribution in [-0.2, 0) is 10.0 Å². The molecule has 0 fully saturated rings. The highest BCUT2D eigenvalue weighted by atomic mass is 79.9. The number of hydrogen-bond donors (Lipinski definition) is 2. The number of sulfonamides is 1. The molecule has 0 aliphatic carbocycles. The van der Waals surface area contributed by atoms with Gasteiger partial charge < -0.3 is 5.11 Å². The Morgan fingerprint density at radius 1 is 1.39 bits per heavy atom. The van der Waals surface area contributed by atoms with Crippen molar-refractivity contribution >= 4 is 43.2 Å². The van der Waals surface area contributed by atoms with Gasteiger partial charge in [0.25, 0.3) is 0 Å². The van der Waals surface area contributed by atoms with Crippen molar-refractivity contribution in [3.8, 4) is 0 Å². The second-order valence-corrected chi connectivity index (χ2v) is 6.70. The fraction of sp³-hybridized carbons (Fsp3) is 0.400. The van der Waals surface area contributed by atoms with Crippen LogP contribution in [-0.4, -0.2) is 25.9 Å². The van der Waals surface area contributed by atoms with Crippen LogP contribution in [0, 0.1) is 5.82 Å². The van der Waals surface area contributed by atoms with Crippen molar-refractivity contribution in [3.63, 3.8) is 0 Å². The lowest BCUT2D eigenvalue weighted by Gasteiger charge is -2.11. The first-order chi connectivity index (χ1) is 8.35. The van der Waals surface area contributed by atoms with Gasteiger partial charge in [-0.2, -0.15) is 0 Å². The Balaban J connectivity index is 2.84. The van der Waals surface area contributed by atoms with E-state index < -0.39 is 15.8 Å². The van der Waals surface area contributed by atoms with E-state index in [9.17, 15) is 12.8 Å². The zero-order valence-corrected chi connectivity index (χ0v) is 12.4. The molecule has 1 rings (SSSR count). The number of nitrogens with one attached hydrogen (secondary N) is 1. The predicted octanol–water partition coefficient (Wildman–Crippen LogP) is 2.76. The zero-order chi connectivity index (χ0) is 13.8. The van der Waals surface area contributed by atoms with Gasteiger partial charge in [-0.05, 0) is 40.9 Å². The Morgan fingerprint density at radius 3 is 2.61 bits per heavy atom. The van der Waals surface area contributed by atoms with Gasteiger partial charge >= 0.3 is 0 Å². The molecule has 102 valence electrons. The Labute approximate surface area is 118 Å². The third-order valence-electron chi connectivity index (χ3n) is 2.09. The quantitative estimate of drug-likeness (QED) is 0.767. The van der Waals surface area contributed by atoms with E-state index in [1.54, 1.807) is 0 Å². The molecule has 0 unspecified atom stereocenters. The topological polar surface area (TPSA) is 66.4 Å². The summed E-state index contributed by atoms with van der Waals surface area (Å²) in [5.74, 6) is -0.691. The van der Waals surface area contributed by atoms with Crippen LogP contribution in [0.4, 0.5) is 10.1 Å². The van der Waals surface area contributed by atoms with Gasteiger partial charge in [0.05, 0.1) is 16.5 Å². The molecular formula is C10H12BrClFNO3S. The maximum atomic E-state index is 13.0. The number of aliphatic hydroxyl groups is 1. The fourth-order valence-electron chi connectivity index (χ4n) is 1.25. The Hall–Kier alpha value is -0.370. The summed E-state index contributed by atoms with van der Waals surface area (Å²) in [7, 11) is -3.56. The SMILES string of the molecule is O=S(=O)(CCCCO)Nc1c(Cl)cc(F)cc1Br. The largest absolute Gasteiger partial charge is 0.396 e. The van der Waals surface area contributed by atoms with E-state index in [0.717, 1.165) is 12.1 Å². The maximum Gasteiger partial charge on any atom is 0.232 e. The van der Waals surface area contributed by atoms with Gasteiger partial charge in [-0.25, -0.2) is 12.8 Å². The van der Waals surface area contributed by atoms with Gasteiger partial charge in [0, 0.05) is 11.1 Å². The van der Waals surface area contributed by atoms with Gasteiger partial charge in [-0.15, -0.1) is 0 Å².